The second kappa shape index (κ2) is 8.32. The van der Waals surface area contributed by atoms with Crippen LogP contribution in [0.15, 0.2) is 24.3 Å². The van der Waals surface area contributed by atoms with E-state index >= 15 is 0 Å². The number of benzene rings is 1. The Morgan fingerprint density at radius 3 is 2.38 bits per heavy atom. The number of ether oxygens (including phenoxy) is 1. The first-order chi connectivity index (χ1) is 11.1. The number of methoxy groups -OCH3 is 1. The normalized spacial score (nSPS) is 13.2. The number of aliphatic hydroxyl groups is 2. The first-order valence-corrected chi connectivity index (χ1v) is 8.98. The van der Waals surface area contributed by atoms with Crippen LogP contribution in [0.2, 0.25) is 0 Å². The van der Waals surface area contributed by atoms with Gasteiger partial charge in [-0.15, -0.1) is 0 Å². The molecule has 0 heterocycles. The SMILES string of the molecule is COc1ccc(NS(=O)(=O)CCNC(=O)[C@@H](O)C(C)(C)CO)cc1. The number of rotatable bonds is 9. The van der Waals surface area contributed by atoms with Crippen molar-refractivity contribution >= 4 is 21.6 Å². The van der Waals surface area contributed by atoms with Gasteiger partial charge in [0.2, 0.25) is 15.9 Å². The minimum absolute atomic E-state index is 0.164. The van der Waals surface area contributed by atoms with E-state index in [4.69, 9.17) is 9.84 Å². The number of hydrogen-bond acceptors (Lipinski definition) is 6. The lowest BCUT2D eigenvalue weighted by atomic mass is 9.87. The van der Waals surface area contributed by atoms with Crippen LogP contribution >= 0.6 is 0 Å². The van der Waals surface area contributed by atoms with E-state index in [2.05, 4.69) is 10.0 Å². The number of carbonyl (C=O) groups excluding carboxylic acids is 1. The highest BCUT2D eigenvalue weighted by Gasteiger charge is 2.32. The molecule has 0 saturated carbocycles. The minimum atomic E-state index is -3.65. The molecule has 1 aromatic carbocycles. The predicted molar refractivity (Wildman–Crippen MR) is 90.3 cm³/mol. The molecular weight excluding hydrogens is 336 g/mol. The predicted octanol–water partition coefficient (Wildman–Crippen LogP) is -0.0675. The zero-order chi connectivity index (χ0) is 18.4. The highest BCUT2D eigenvalue weighted by molar-refractivity contribution is 7.92. The summed E-state index contributed by atoms with van der Waals surface area (Å²) in [5.41, 5.74) is -0.631. The summed E-state index contributed by atoms with van der Waals surface area (Å²) in [5, 5.41) is 21.3. The molecular formula is C15H24N2O6S. The molecule has 4 N–H and O–H groups in total. The maximum Gasteiger partial charge on any atom is 0.249 e. The van der Waals surface area contributed by atoms with Gasteiger partial charge in [-0.25, -0.2) is 8.42 Å². The highest BCUT2D eigenvalue weighted by atomic mass is 32.2. The van der Waals surface area contributed by atoms with E-state index in [0.29, 0.717) is 11.4 Å². The second-order valence-corrected chi connectivity index (χ2v) is 7.83. The van der Waals surface area contributed by atoms with Gasteiger partial charge in [0.15, 0.2) is 0 Å². The Morgan fingerprint density at radius 2 is 1.88 bits per heavy atom. The number of nitrogens with one attached hydrogen (secondary N) is 2. The molecule has 0 radical (unpaired) electrons. The van der Waals surface area contributed by atoms with Crippen molar-refractivity contribution in [3.05, 3.63) is 24.3 Å². The van der Waals surface area contributed by atoms with Crippen LogP contribution < -0.4 is 14.8 Å². The molecule has 0 aromatic heterocycles. The van der Waals surface area contributed by atoms with Gasteiger partial charge in [-0.2, -0.15) is 0 Å². The van der Waals surface area contributed by atoms with Gasteiger partial charge in [0.05, 0.1) is 19.5 Å². The summed E-state index contributed by atoms with van der Waals surface area (Å²) in [6, 6.07) is 6.35. The molecule has 0 spiro atoms. The molecule has 1 rings (SSSR count). The van der Waals surface area contributed by atoms with Gasteiger partial charge in [0, 0.05) is 17.6 Å². The first kappa shape index (κ1) is 20.2. The summed E-state index contributed by atoms with van der Waals surface area (Å²) < 4.78 is 31.3. The van der Waals surface area contributed by atoms with Crippen LogP contribution in [0.1, 0.15) is 13.8 Å². The van der Waals surface area contributed by atoms with Crippen molar-refractivity contribution in [2.45, 2.75) is 20.0 Å². The van der Waals surface area contributed by atoms with E-state index in [1.807, 2.05) is 0 Å². The van der Waals surface area contributed by atoms with Gasteiger partial charge in [0.25, 0.3) is 0 Å². The van der Waals surface area contributed by atoms with Crippen LogP contribution in [-0.2, 0) is 14.8 Å². The van der Waals surface area contributed by atoms with Crippen LogP contribution in [0.5, 0.6) is 5.75 Å². The Kier molecular flexibility index (Phi) is 7.00. The van der Waals surface area contributed by atoms with Crippen LogP contribution in [0, 0.1) is 5.41 Å². The maximum atomic E-state index is 12.0. The third-order valence-electron chi connectivity index (χ3n) is 3.43. The van der Waals surface area contributed by atoms with Crippen molar-refractivity contribution in [2.75, 3.05) is 30.7 Å². The summed E-state index contributed by atoms with van der Waals surface area (Å²) in [5.74, 6) is -0.476. The third-order valence-corrected chi connectivity index (χ3v) is 4.72. The van der Waals surface area contributed by atoms with Crippen molar-refractivity contribution in [3.63, 3.8) is 0 Å². The monoisotopic (exact) mass is 360 g/mol. The van der Waals surface area contributed by atoms with Crippen molar-refractivity contribution in [2.24, 2.45) is 5.41 Å². The molecule has 0 aliphatic carbocycles. The van der Waals surface area contributed by atoms with Crippen LogP contribution in [0.25, 0.3) is 0 Å². The van der Waals surface area contributed by atoms with Gasteiger partial charge in [0.1, 0.15) is 11.9 Å². The third kappa shape index (κ3) is 5.99. The first-order valence-electron chi connectivity index (χ1n) is 7.32. The molecule has 136 valence electrons. The van der Waals surface area contributed by atoms with Crippen molar-refractivity contribution in [1.82, 2.24) is 5.32 Å². The Hall–Kier alpha value is -1.84. The molecule has 9 heteroatoms. The summed E-state index contributed by atoms with van der Waals surface area (Å²) in [7, 11) is -2.14. The van der Waals surface area contributed by atoms with Crippen molar-refractivity contribution < 1.29 is 28.2 Å². The molecule has 1 amide bonds. The lowest BCUT2D eigenvalue weighted by molar-refractivity contribution is -0.136. The second-order valence-electron chi connectivity index (χ2n) is 5.99. The smallest absolute Gasteiger partial charge is 0.249 e. The number of aliphatic hydroxyl groups excluding tert-OH is 2. The van der Waals surface area contributed by atoms with Gasteiger partial charge in [-0.1, -0.05) is 13.8 Å². The highest BCUT2D eigenvalue weighted by Crippen LogP contribution is 2.19. The number of sulfonamides is 1. The zero-order valence-corrected chi connectivity index (χ0v) is 14.8. The average Bonchev–Trinajstić information content (AvgIpc) is 2.54. The molecule has 8 nitrogen and oxygen atoms in total. The van der Waals surface area contributed by atoms with E-state index < -0.39 is 27.4 Å². The van der Waals surface area contributed by atoms with E-state index in [9.17, 15) is 18.3 Å². The molecule has 0 aliphatic rings. The molecule has 0 fully saturated rings. The van der Waals surface area contributed by atoms with Crippen LogP contribution in [0.3, 0.4) is 0 Å². The van der Waals surface area contributed by atoms with Gasteiger partial charge < -0.3 is 20.3 Å². The van der Waals surface area contributed by atoms with Gasteiger partial charge in [-0.05, 0) is 24.3 Å². The van der Waals surface area contributed by atoms with E-state index in [-0.39, 0.29) is 18.9 Å². The molecule has 0 saturated heterocycles. The lowest BCUT2D eigenvalue weighted by Gasteiger charge is -2.27. The maximum absolute atomic E-state index is 12.0. The van der Waals surface area contributed by atoms with E-state index in [1.165, 1.54) is 21.0 Å². The Bertz CT molecular complexity index is 642. The topological polar surface area (TPSA) is 125 Å². The summed E-state index contributed by atoms with van der Waals surface area (Å²) in [6.07, 6.45) is -1.43. The molecule has 0 aliphatic heterocycles. The Balaban J connectivity index is 2.52. The number of carbonyl (C=O) groups is 1. The summed E-state index contributed by atoms with van der Waals surface area (Å²) in [4.78, 5) is 11.8. The number of anilines is 1. The van der Waals surface area contributed by atoms with E-state index in [1.54, 1.807) is 24.3 Å². The largest absolute Gasteiger partial charge is 0.497 e. The Labute approximate surface area is 141 Å². The Morgan fingerprint density at radius 1 is 1.29 bits per heavy atom. The number of amides is 1. The van der Waals surface area contributed by atoms with E-state index in [0.717, 1.165) is 0 Å². The van der Waals surface area contributed by atoms with Gasteiger partial charge in [-0.3, -0.25) is 9.52 Å². The lowest BCUT2D eigenvalue weighted by Crippen LogP contribution is -2.46. The fraction of sp³-hybridized carbons (Fsp3) is 0.533. The minimum Gasteiger partial charge on any atom is -0.497 e. The fourth-order valence-corrected chi connectivity index (χ4v) is 2.70. The molecule has 1 aromatic rings. The van der Waals surface area contributed by atoms with Crippen LogP contribution in [-0.4, -0.2) is 56.7 Å². The molecule has 0 bridgehead atoms. The average molecular weight is 360 g/mol. The fourth-order valence-electron chi connectivity index (χ4n) is 1.74. The standard InChI is InChI=1S/C15H24N2O6S/c1-15(2,10-18)13(19)14(20)16-8-9-24(21,22)17-11-4-6-12(23-3)7-5-11/h4-7,13,17-19H,8-10H2,1-3H3,(H,16,20)/t13-/m1/s1. The number of hydrogen-bond donors (Lipinski definition) is 4. The quantitative estimate of drug-likeness (QED) is 0.489. The summed E-state index contributed by atoms with van der Waals surface area (Å²) in [6.45, 7) is 2.51. The summed E-state index contributed by atoms with van der Waals surface area (Å²) >= 11 is 0. The van der Waals surface area contributed by atoms with Crippen LogP contribution in [0.4, 0.5) is 5.69 Å². The molecule has 24 heavy (non-hydrogen) atoms. The van der Waals surface area contributed by atoms with Crippen molar-refractivity contribution in [1.29, 1.82) is 0 Å². The van der Waals surface area contributed by atoms with Gasteiger partial charge >= 0.3 is 0 Å². The molecule has 1 atom stereocenters. The van der Waals surface area contributed by atoms with Crippen molar-refractivity contribution in [3.8, 4) is 5.75 Å². The molecule has 0 unspecified atom stereocenters. The zero-order valence-electron chi connectivity index (χ0n) is 13.9.